The predicted molar refractivity (Wildman–Crippen MR) is 75.3 cm³/mol. The molecule has 94 valence electrons. The van der Waals surface area contributed by atoms with Crippen LogP contribution in [0.5, 0.6) is 0 Å². The lowest BCUT2D eigenvalue weighted by atomic mass is 10.2. The van der Waals surface area contributed by atoms with Gasteiger partial charge in [-0.15, -0.1) is 0 Å². The van der Waals surface area contributed by atoms with E-state index >= 15 is 0 Å². The molecule has 2 aromatic rings. The summed E-state index contributed by atoms with van der Waals surface area (Å²) >= 11 is 10.1. The van der Waals surface area contributed by atoms with Gasteiger partial charge in [-0.25, -0.2) is 0 Å². The number of amides is 1. The summed E-state index contributed by atoms with van der Waals surface area (Å²) in [4.78, 5) is 25.3. The van der Waals surface area contributed by atoms with Gasteiger partial charge in [-0.1, -0.05) is 22.9 Å². The van der Waals surface area contributed by atoms with Crippen LogP contribution in [-0.4, -0.2) is 10.9 Å². The molecule has 0 aliphatic carbocycles. The minimum atomic E-state index is -0.231. The summed E-state index contributed by atoms with van der Waals surface area (Å²) in [7, 11) is 0. The second-order valence-electron chi connectivity index (χ2n) is 3.48. The van der Waals surface area contributed by atoms with E-state index in [-0.39, 0.29) is 17.3 Å². The fraction of sp³-hybridized carbons (Fsp3) is 0.0909. The van der Waals surface area contributed by atoms with Gasteiger partial charge in [-0.2, -0.15) is 0 Å². The number of rotatable bonds is 3. The Morgan fingerprint density at radius 3 is 2.89 bits per heavy atom. The van der Waals surface area contributed by atoms with Crippen molar-refractivity contribution in [3.63, 3.8) is 0 Å². The van der Waals surface area contributed by atoms with Crippen molar-refractivity contribution in [3.05, 3.63) is 54.0 Å². The molecule has 7 heteroatoms. The standard InChI is InChI=1S/C11H8BrClN2O2S/c12-9-3-6(13)1-2-8(9)10(16)14-4-7-5-18-11(17)15-7/h1-3,5H,4H2,(H,14,16)(H,15,17). The molecule has 0 saturated carbocycles. The lowest BCUT2D eigenvalue weighted by molar-refractivity contribution is 0.0949. The third kappa shape index (κ3) is 3.22. The van der Waals surface area contributed by atoms with Crippen LogP contribution in [0.3, 0.4) is 0 Å². The van der Waals surface area contributed by atoms with Gasteiger partial charge in [0.1, 0.15) is 0 Å². The topological polar surface area (TPSA) is 62.0 Å². The van der Waals surface area contributed by atoms with E-state index in [0.717, 1.165) is 11.3 Å². The molecule has 1 heterocycles. The summed E-state index contributed by atoms with van der Waals surface area (Å²) in [5.41, 5.74) is 1.18. The van der Waals surface area contributed by atoms with E-state index in [2.05, 4.69) is 26.2 Å². The lowest BCUT2D eigenvalue weighted by Gasteiger charge is -2.06. The van der Waals surface area contributed by atoms with Gasteiger partial charge in [0.15, 0.2) is 0 Å². The highest BCUT2D eigenvalue weighted by molar-refractivity contribution is 9.10. The summed E-state index contributed by atoms with van der Waals surface area (Å²) in [6.07, 6.45) is 0. The monoisotopic (exact) mass is 346 g/mol. The molecule has 4 nitrogen and oxygen atoms in total. The molecule has 2 N–H and O–H groups in total. The van der Waals surface area contributed by atoms with Crippen LogP contribution >= 0.6 is 38.9 Å². The minimum Gasteiger partial charge on any atom is -0.346 e. The van der Waals surface area contributed by atoms with Gasteiger partial charge in [0.05, 0.1) is 12.1 Å². The van der Waals surface area contributed by atoms with Crippen LogP contribution in [-0.2, 0) is 6.54 Å². The molecule has 18 heavy (non-hydrogen) atoms. The SMILES string of the molecule is O=C(NCc1csc(=O)[nH]1)c1ccc(Cl)cc1Br. The van der Waals surface area contributed by atoms with Gasteiger partial charge in [0.2, 0.25) is 0 Å². The maximum Gasteiger partial charge on any atom is 0.304 e. The molecule has 0 spiro atoms. The molecular formula is C11H8BrClN2O2S. The predicted octanol–water partition coefficient (Wildman–Crippen LogP) is 2.78. The molecular weight excluding hydrogens is 340 g/mol. The maximum absolute atomic E-state index is 11.9. The third-order valence-corrected chi connectivity index (χ3v) is 3.80. The number of thiazole rings is 1. The number of aromatic nitrogens is 1. The van der Waals surface area contributed by atoms with Crippen molar-refractivity contribution in [1.82, 2.24) is 10.3 Å². The molecule has 0 atom stereocenters. The zero-order valence-electron chi connectivity index (χ0n) is 9.00. The van der Waals surface area contributed by atoms with Crippen LogP contribution in [0, 0.1) is 0 Å². The minimum absolute atomic E-state index is 0.132. The van der Waals surface area contributed by atoms with Gasteiger partial charge in [-0.05, 0) is 34.1 Å². The molecule has 2 rings (SSSR count). The quantitative estimate of drug-likeness (QED) is 0.897. The first kappa shape index (κ1) is 13.3. The molecule has 0 bridgehead atoms. The number of nitrogens with one attached hydrogen (secondary N) is 2. The van der Waals surface area contributed by atoms with Crippen LogP contribution in [0.15, 0.2) is 32.8 Å². The lowest BCUT2D eigenvalue weighted by Crippen LogP contribution is -2.23. The van der Waals surface area contributed by atoms with Crippen LogP contribution in [0.4, 0.5) is 0 Å². The summed E-state index contributed by atoms with van der Waals surface area (Å²) in [5, 5.41) is 4.95. The average molecular weight is 348 g/mol. The van der Waals surface area contributed by atoms with Gasteiger partial charge in [0.25, 0.3) is 5.91 Å². The number of aromatic amines is 1. The molecule has 1 aromatic carbocycles. The van der Waals surface area contributed by atoms with Crippen molar-refractivity contribution in [2.24, 2.45) is 0 Å². The Morgan fingerprint density at radius 2 is 2.28 bits per heavy atom. The Kier molecular flexibility index (Phi) is 4.21. The third-order valence-electron chi connectivity index (χ3n) is 2.19. The van der Waals surface area contributed by atoms with E-state index in [9.17, 15) is 9.59 Å². The van der Waals surface area contributed by atoms with E-state index in [0.29, 0.717) is 20.8 Å². The second-order valence-corrected chi connectivity index (χ2v) is 5.61. The fourth-order valence-corrected chi connectivity index (χ4v) is 2.79. The van der Waals surface area contributed by atoms with Crippen molar-refractivity contribution >= 4 is 44.8 Å². The first-order valence-corrected chi connectivity index (χ1v) is 7.01. The fourth-order valence-electron chi connectivity index (χ4n) is 1.34. The Balaban J connectivity index is 2.06. The first-order valence-electron chi connectivity index (χ1n) is 4.96. The molecule has 0 unspecified atom stereocenters. The summed E-state index contributed by atoms with van der Waals surface area (Å²) in [6, 6.07) is 4.94. The van der Waals surface area contributed by atoms with Gasteiger partial charge < -0.3 is 10.3 Å². The highest BCUT2D eigenvalue weighted by atomic mass is 79.9. The van der Waals surface area contributed by atoms with Crippen molar-refractivity contribution < 1.29 is 4.79 Å². The summed E-state index contributed by atoms with van der Waals surface area (Å²) < 4.78 is 0.631. The first-order chi connectivity index (χ1) is 8.56. The van der Waals surface area contributed by atoms with E-state index in [1.54, 1.807) is 23.6 Å². The van der Waals surface area contributed by atoms with E-state index < -0.39 is 0 Å². The number of hydrogen-bond donors (Lipinski definition) is 2. The molecule has 0 fully saturated rings. The smallest absolute Gasteiger partial charge is 0.304 e. The summed E-state index contributed by atoms with van der Waals surface area (Å²) in [5.74, 6) is -0.231. The number of benzene rings is 1. The Morgan fingerprint density at radius 1 is 1.50 bits per heavy atom. The number of halogens is 2. The molecule has 0 saturated heterocycles. The Bertz CT molecular complexity index is 638. The zero-order chi connectivity index (χ0) is 13.1. The number of carbonyl (C=O) groups is 1. The van der Waals surface area contributed by atoms with Crippen LogP contribution in [0.25, 0.3) is 0 Å². The number of hydrogen-bond acceptors (Lipinski definition) is 3. The second kappa shape index (κ2) is 5.69. The number of H-pyrrole nitrogens is 1. The Hall–Kier alpha value is -1.11. The van der Waals surface area contributed by atoms with Gasteiger partial charge in [0, 0.05) is 20.6 Å². The highest BCUT2D eigenvalue weighted by Gasteiger charge is 2.10. The van der Waals surface area contributed by atoms with Crippen LogP contribution in [0.1, 0.15) is 16.1 Å². The highest BCUT2D eigenvalue weighted by Crippen LogP contribution is 2.21. The van der Waals surface area contributed by atoms with Crippen LogP contribution < -0.4 is 10.2 Å². The van der Waals surface area contributed by atoms with Crippen molar-refractivity contribution in [3.8, 4) is 0 Å². The maximum atomic E-state index is 11.9. The Labute approximate surface area is 120 Å². The average Bonchev–Trinajstić information content (AvgIpc) is 2.72. The van der Waals surface area contributed by atoms with Crippen molar-refractivity contribution in [2.75, 3.05) is 0 Å². The van der Waals surface area contributed by atoms with Crippen LogP contribution in [0.2, 0.25) is 5.02 Å². The molecule has 1 aromatic heterocycles. The van der Waals surface area contributed by atoms with E-state index in [1.165, 1.54) is 0 Å². The summed E-state index contributed by atoms with van der Waals surface area (Å²) in [6.45, 7) is 0.284. The molecule has 0 radical (unpaired) electrons. The largest absolute Gasteiger partial charge is 0.346 e. The molecule has 0 aliphatic heterocycles. The van der Waals surface area contributed by atoms with Crippen molar-refractivity contribution in [2.45, 2.75) is 6.54 Å². The molecule has 1 amide bonds. The van der Waals surface area contributed by atoms with E-state index in [4.69, 9.17) is 11.6 Å². The number of carbonyl (C=O) groups excluding carboxylic acids is 1. The van der Waals surface area contributed by atoms with Crippen molar-refractivity contribution in [1.29, 1.82) is 0 Å². The van der Waals surface area contributed by atoms with Gasteiger partial charge >= 0.3 is 4.87 Å². The zero-order valence-corrected chi connectivity index (χ0v) is 12.2. The molecule has 0 aliphatic rings. The normalized spacial score (nSPS) is 10.3. The van der Waals surface area contributed by atoms with Gasteiger partial charge in [-0.3, -0.25) is 9.59 Å². The van der Waals surface area contributed by atoms with E-state index in [1.807, 2.05) is 0 Å².